The summed E-state index contributed by atoms with van der Waals surface area (Å²) in [6.07, 6.45) is 0.395. The van der Waals surface area contributed by atoms with Crippen molar-refractivity contribution in [2.45, 2.75) is 53.2 Å². The third kappa shape index (κ3) is 8.51. The van der Waals surface area contributed by atoms with Crippen LogP contribution in [0.25, 0.3) is 0 Å². The number of aliphatic imine (C=N–C) groups is 1. The van der Waals surface area contributed by atoms with E-state index in [1.165, 1.54) is 10.4 Å². The molecule has 2 aromatic rings. The summed E-state index contributed by atoms with van der Waals surface area (Å²) in [5, 5.41) is 9.36. The molecular weight excluding hydrogens is 386 g/mol. The lowest BCUT2D eigenvalue weighted by Gasteiger charge is -2.19. The minimum Gasteiger partial charge on any atom is -0.444 e. The number of nitrogens with one attached hydrogen (secondary N) is 3. The van der Waals surface area contributed by atoms with E-state index in [4.69, 9.17) is 4.74 Å². The summed E-state index contributed by atoms with van der Waals surface area (Å²) in [5.74, 6) is 0.795. The lowest BCUT2D eigenvalue weighted by Crippen LogP contribution is -2.38. The largest absolute Gasteiger partial charge is 0.444 e. The summed E-state index contributed by atoms with van der Waals surface area (Å²) in [5.41, 5.74) is 4.25. The number of aryl methyl sites for hydroxylation is 1. The van der Waals surface area contributed by atoms with Crippen LogP contribution in [0.3, 0.4) is 0 Å². The average molecular weight is 418 g/mol. The number of ether oxygens (including phenoxy) is 1. The molecule has 1 aromatic heterocycles. The molecule has 0 atom stereocenters. The van der Waals surface area contributed by atoms with Gasteiger partial charge in [0, 0.05) is 23.7 Å². The maximum atomic E-state index is 11.8. The highest BCUT2D eigenvalue weighted by atomic mass is 32.1. The monoisotopic (exact) mass is 417 g/mol. The van der Waals surface area contributed by atoms with E-state index in [0.29, 0.717) is 12.2 Å². The van der Waals surface area contributed by atoms with Gasteiger partial charge in [-0.25, -0.2) is 14.8 Å². The Kier molecular flexibility index (Phi) is 8.45. The van der Waals surface area contributed by atoms with Crippen LogP contribution >= 0.6 is 11.3 Å². The van der Waals surface area contributed by atoms with Crippen molar-refractivity contribution in [2.75, 3.05) is 18.4 Å². The summed E-state index contributed by atoms with van der Waals surface area (Å²) in [6.45, 7) is 11.8. The molecular formula is C21H31N5O2S. The maximum Gasteiger partial charge on any atom is 0.412 e. The van der Waals surface area contributed by atoms with Gasteiger partial charge in [0.25, 0.3) is 0 Å². The Morgan fingerprint density at radius 1 is 1.21 bits per heavy atom. The maximum absolute atomic E-state index is 11.8. The molecule has 0 unspecified atom stereocenters. The van der Waals surface area contributed by atoms with Gasteiger partial charge >= 0.3 is 6.09 Å². The van der Waals surface area contributed by atoms with E-state index in [1.807, 2.05) is 64.4 Å². The molecule has 0 bridgehead atoms. The molecule has 0 saturated heterocycles. The molecule has 7 nitrogen and oxygen atoms in total. The fourth-order valence-electron chi connectivity index (χ4n) is 2.47. The minimum atomic E-state index is -0.514. The van der Waals surface area contributed by atoms with Crippen molar-refractivity contribution >= 4 is 29.1 Å². The molecule has 1 aromatic carbocycles. The molecule has 1 heterocycles. The summed E-state index contributed by atoms with van der Waals surface area (Å²) in [4.78, 5) is 21.9. The van der Waals surface area contributed by atoms with Crippen LogP contribution in [-0.4, -0.2) is 35.7 Å². The number of guanidine groups is 1. The molecule has 0 fully saturated rings. The number of hydrogen-bond acceptors (Lipinski definition) is 5. The van der Waals surface area contributed by atoms with Crippen molar-refractivity contribution in [1.29, 1.82) is 0 Å². The lowest BCUT2D eigenvalue weighted by molar-refractivity contribution is 0.0636. The highest BCUT2D eigenvalue weighted by Crippen LogP contribution is 2.14. The Morgan fingerprint density at radius 2 is 1.93 bits per heavy atom. The van der Waals surface area contributed by atoms with Crippen molar-refractivity contribution in [3.8, 4) is 0 Å². The summed E-state index contributed by atoms with van der Waals surface area (Å²) in [6, 6.07) is 7.76. The Hall–Kier alpha value is -2.61. The van der Waals surface area contributed by atoms with Gasteiger partial charge in [0.05, 0.1) is 17.7 Å². The molecule has 158 valence electrons. The van der Waals surface area contributed by atoms with Crippen molar-refractivity contribution in [3.63, 3.8) is 0 Å². The van der Waals surface area contributed by atoms with Crippen LogP contribution in [0.5, 0.6) is 0 Å². The summed E-state index contributed by atoms with van der Waals surface area (Å²) < 4.78 is 5.26. The molecule has 8 heteroatoms. The van der Waals surface area contributed by atoms with Gasteiger partial charge in [0.1, 0.15) is 5.60 Å². The van der Waals surface area contributed by atoms with Crippen LogP contribution in [0.4, 0.5) is 10.5 Å². The zero-order chi connectivity index (χ0) is 21.3. The van der Waals surface area contributed by atoms with E-state index in [2.05, 4.69) is 25.9 Å². The standard InChI is InChI=1S/C21H31N5O2S/c1-6-22-19(24-13-18-15(2)25-14-29-18)23-12-11-16-7-9-17(10-8-16)26-20(27)28-21(3,4)5/h7-10,14H,6,11-13H2,1-5H3,(H,26,27)(H2,22,23,24). The minimum absolute atomic E-state index is 0.449. The first-order chi connectivity index (χ1) is 13.8. The fourth-order valence-corrected chi connectivity index (χ4v) is 3.17. The van der Waals surface area contributed by atoms with Crippen molar-refractivity contribution in [2.24, 2.45) is 4.99 Å². The van der Waals surface area contributed by atoms with Gasteiger partial charge < -0.3 is 15.4 Å². The number of anilines is 1. The number of rotatable bonds is 7. The fraction of sp³-hybridized carbons (Fsp3) is 0.476. The van der Waals surface area contributed by atoms with E-state index in [1.54, 1.807) is 11.3 Å². The molecule has 0 radical (unpaired) electrons. The SMILES string of the molecule is CCNC(=NCc1scnc1C)NCCc1ccc(NC(=O)OC(C)(C)C)cc1. The van der Waals surface area contributed by atoms with Gasteiger partial charge in [0.2, 0.25) is 0 Å². The van der Waals surface area contributed by atoms with Crippen LogP contribution < -0.4 is 16.0 Å². The van der Waals surface area contributed by atoms with E-state index < -0.39 is 11.7 Å². The second-order valence-corrected chi connectivity index (χ2v) is 8.50. The predicted molar refractivity (Wildman–Crippen MR) is 120 cm³/mol. The average Bonchev–Trinajstić information content (AvgIpc) is 3.04. The van der Waals surface area contributed by atoms with Gasteiger partial charge in [-0.3, -0.25) is 5.32 Å². The molecule has 0 aliphatic heterocycles. The van der Waals surface area contributed by atoms with Gasteiger partial charge in [-0.15, -0.1) is 11.3 Å². The Morgan fingerprint density at radius 3 is 2.52 bits per heavy atom. The van der Waals surface area contributed by atoms with Gasteiger partial charge in [-0.2, -0.15) is 0 Å². The second-order valence-electron chi connectivity index (χ2n) is 7.56. The number of aromatic nitrogens is 1. The van der Waals surface area contributed by atoms with Crippen molar-refractivity contribution < 1.29 is 9.53 Å². The highest BCUT2D eigenvalue weighted by Gasteiger charge is 2.16. The first-order valence-corrected chi connectivity index (χ1v) is 10.6. The molecule has 0 spiro atoms. The smallest absolute Gasteiger partial charge is 0.412 e. The Balaban J connectivity index is 1.82. The number of thiazole rings is 1. The third-order valence-corrected chi connectivity index (χ3v) is 4.80. The Bertz CT molecular complexity index is 809. The highest BCUT2D eigenvalue weighted by molar-refractivity contribution is 7.09. The molecule has 2 rings (SSSR count). The molecule has 1 amide bonds. The van der Waals surface area contributed by atoms with Crippen LogP contribution in [0, 0.1) is 6.92 Å². The zero-order valence-electron chi connectivity index (χ0n) is 17.8. The van der Waals surface area contributed by atoms with E-state index >= 15 is 0 Å². The molecule has 29 heavy (non-hydrogen) atoms. The van der Waals surface area contributed by atoms with Crippen molar-refractivity contribution in [1.82, 2.24) is 15.6 Å². The number of carbonyl (C=O) groups excluding carboxylic acids is 1. The molecule has 0 aliphatic carbocycles. The van der Waals surface area contributed by atoms with Gasteiger partial charge in [-0.05, 0) is 58.7 Å². The normalized spacial score (nSPS) is 11.8. The second kappa shape index (κ2) is 10.8. The summed E-state index contributed by atoms with van der Waals surface area (Å²) in [7, 11) is 0. The lowest BCUT2D eigenvalue weighted by atomic mass is 10.1. The number of nitrogens with zero attached hydrogens (tertiary/aromatic N) is 2. The van der Waals surface area contributed by atoms with Crippen LogP contribution in [0.1, 0.15) is 43.8 Å². The topological polar surface area (TPSA) is 87.6 Å². The predicted octanol–water partition coefficient (Wildman–Crippen LogP) is 4.10. The van der Waals surface area contributed by atoms with Crippen LogP contribution in [0.2, 0.25) is 0 Å². The number of carbonyl (C=O) groups is 1. The van der Waals surface area contributed by atoms with Crippen molar-refractivity contribution in [3.05, 3.63) is 45.9 Å². The van der Waals surface area contributed by atoms with Gasteiger partial charge in [0.15, 0.2) is 5.96 Å². The van der Waals surface area contributed by atoms with E-state index in [0.717, 1.165) is 31.2 Å². The number of amides is 1. The molecule has 0 saturated carbocycles. The van der Waals surface area contributed by atoms with Crippen LogP contribution in [0.15, 0.2) is 34.8 Å². The number of hydrogen-bond donors (Lipinski definition) is 3. The first kappa shape index (κ1) is 22.7. The van der Waals surface area contributed by atoms with E-state index in [-0.39, 0.29) is 0 Å². The first-order valence-electron chi connectivity index (χ1n) is 9.77. The third-order valence-electron chi connectivity index (χ3n) is 3.88. The summed E-state index contributed by atoms with van der Waals surface area (Å²) >= 11 is 1.63. The number of benzene rings is 1. The van der Waals surface area contributed by atoms with Gasteiger partial charge in [-0.1, -0.05) is 12.1 Å². The quantitative estimate of drug-likeness (QED) is 0.466. The Labute approximate surface area is 177 Å². The zero-order valence-corrected chi connectivity index (χ0v) is 18.7. The van der Waals surface area contributed by atoms with Crippen LogP contribution in [-0.2, 0) is 17.7 Å². The molecule has 0 aliphatic rings. The van der Waals surface area contributed by atoms with E-state index in [9.17, 15) is 4.79 Å². The molecule has 3 N–H and O–H groups in total.